The third kappa shape index (κ3) is 3.96. The van der Waals surface area contributed by atoms with Crippen LogP contribution in [0.25, 0.3) is 0 Å². The number of rotatable bonds is 5. The highest BCUT2D eigenvalue weighted by atomic mass is 16.2. The summed E-state index contributed by atoms with van der Waals surface area (Å²) in [7, 11) is 0. The summed E-state index contributed by atoms with van der Waals surface area (Å²) in [6.45, 7) is 2.17. The van der Waals surface area contributed by atoms with Gasteiger partial charge in [-0.1, -0.05) is 30.3 Å². The molecule has 0 aliphatic carbocycles. The molecule has 0 aromatic heterocycles. The summed E-state index contributed by atoms with van der Waals surface area (Å²) in [4.78, 5) is 14.1. The van der Waals surface area contributed by atoms with Gasteiger partial charge in [-0.3, -0.25) is 0 Å². The van der Waals surface area contributed by atoms with Crippen LogP contribution in [0.4, 0.5) is 4.79 Å². The molecule has 104 valence electrons. The third-order valence-electron chi connectivity index (χ3n) is 3.67. The molecule has 1 aliphatic heterocycles. The minimum Gasteiger partial charge on any atom is -0.334 e. The van der Waals surface area contributed by atoms with Gasteiger partial charge >= 0.3 is 6.03 Å². The van der Waals surface area contributed by atoms with Crippen molar-refractivity contribution in [1.82, 2.24) is 10.2 Å². The van der Waals surface area contributed by atoms with Crippen LogP contribution >= 0.6 is 0 Å². The fraction of sp³-hybridized carbons (Fsp3) is 0.533. The van der Waals surface area contributed by atoms with Crippen molar-refractivity contribution in [3.05, 3.63) is 35.9 Å². The van der Waals surface area contributed by atoms with Gasteiger partial charge in [0.2, 0.25) is 0 Å². The first-order valence-electron chi connectivity index (χ1n) is 7.09. The molecule has 0 saturated carbocycles. The van der Waals surface area contributed by atoms with Crippen LogP contribution in [0.1, 0.15) is 31.2 Å². The molecule has 1 atom stereocenters. The highest BCUT2D eigenvalue weighted by Crippen LogP contribution is 2.21. The Morgan fingerprint density at radius 2 is 2.16 bits per heavy atom. The first-order chi connectivity index (χ1) is 9.31. The van der Waals surface area contributed by atoms with Gasteiger partial charge in [-0.05, 0) is 37.8 Å². The molecular weight excluding hydrogens is 238 g/mol. The van der Waals surface area contributed by atoms with Crippen molar-refractivity contribution in [2.45, 2.75) is 38.3 Å². The van der Waals surface area contributed by atoms with E-state index in [-0.39, 0.29) is 6.03 Å². The number of carbonyl (C=O) groups excluding carboxylic acids is 1. The van der Waals surface area contributed by atoms with E-state index in [0.29, 0.717) is 19.1 Å². The number of likely N-dealkylation sites (tertiary alicyclic amines) is 1. The zero-order chi connectivity index (χ0) is 13.5. The molecule has 1 unspecified atom stereocenters. The maximum Gasteiger partial charge on any atom is 0.317 e. The topological polar surface area (TPSA) is 58.4 Å². The van der Waals surface area contributed by atoms with Crippen molar-refractivity contribution in [2.24, 2.45) is 5.73 Å². The lowest BCUT2D eigenvalue weighted by atomic mass is 10.1. The van der Waals surface area contributed by atoms with E-state index in [1.165, 1.54) is 0 Å². The molecule has 0 bridgehead atoms. The maximum absolute atomic E-state index is 12.2. The van der Waals surface area contributed by atoms with E-state index in [2.05, 4.69) is 5.32 Å². The van der Waals surface area contributed by atoms with E-state index >= 15 is 0 Å². The average molecular weight is 261 g/mol. The lowest BCUT2D eigenvalue weighted by Crippen LogP contribution is -2.42. The molecule has 2 amide bonds. The third-order valence-corrected chi connectivity index (χ3v) is 3.67. The van der Waals surface area contributed by atoms with Gasteiger partial charge < -0.3 is 16.0 Å². The molecule has 0 spiro atoms. The Hall–Kier alpha value is -1.55. The minimum absolute atomic E-state index is 0.0587. The van der Waals surface area contributed by atoms with Crippen molar-refractivity contribution in [1.29, 1.82) is 0 Å². The van der Waals surface area contributed by atoms with Gasteiger partial charge in [0.25, 0.3) is 0 Å². The van der Waals surface area contributed by atoms with E-state index in [0.717, 1.165) is 37.8 Å². The second-order valence-electron chi connectivity index (χ2n) is 5.06. The Morgan fingerprint density at radius 3 is 2.89 bits per heavy atom. The van der Waals surface area contributed by atoms with Crippen LogP contribution in [0.3, 0.4) is 0 Å². The fourth-order valence-corrected chi connectivity index (χ4v) is 2.63. The predicted molar refractivity (Wildman–Crippen MR) is 76.7 cm³/mol. The Kier molecular flexibility index (Phi) is 5.21. The van der Waals surface area contributed by atoms with Crippen molar-refractivity contribution in [3.63, 3.8) is 0 Å². The van der Waals surface area contributed by atoms with E-state index in [4.69, 9.17) is 5.73 Å². The van der Waals surface area contributed by atoms with Crippen LogP contribution in [0.2, 0.25) is 0 Å². The Bertz CT molecular complexity index is 394. The second kappa shape index (κ2) is 7.14. The molecule has 1 aromatic carbocycles. The number of benzene rings is 1. The maximum atomic E-state index is 12.2. The summed E-state index contributed by atoms with van der Waals surface area (Å²) in [6.07, 6.45) is 4.23. The number of hydrogen-bond donors (Lipinski definition) is 2. The number of urea groups is 1. The lowest BCUT2D eigenvalue weighted by molar-refractivity contribution is 0.189. The van der Waals surface area contributed by atoms with Gasteiger partial charge in [-0.2, -0.15) is 0 Å². The summed E-state index contributed by atoms with van der Waals surface area (Å²) in [5.41, 5.74) is 6.68. The van der Waals surface area contributed by atoms with Crippen LogP contribution in [0, 0.1) is 0 Å². The molecule has 1 aliphatic rings. The van der Waals surface area contributed by atoms with Crippen LogP contribution in [-0.2, 0) is 6.54 Å². The summed E-state index contributed by atoms with van der Waals surface area (Å²) < 4.78 is 0. The zero-order valence-corrected chi connectivity index (χ0v) is 11.3. The van der Waals surface area contributed by atoms with Gasteiger partial charge in [0.1, 0.15) is 0 Å². The van der Waals surface area contributed by atoms with Crippen LogP contribution < -0.4 is 11.1 Å². The highest BCUT2D eigenvalue weighted by molar-refractivity contribution is 5.74. The van der Waals surface area contributed by atoms with Gasteiger partial charge in [-0.15, -0.1) is 0 Å². The minimum atomic E-state index is 0.0587. The molecule has 3 N–H and O–H groups in total. The molecule has 0 radical (unpaired) electrons. The normalized spacial score (nSPS) is 18.6. The molecule has 4 nitrogen and oxygen atoms in total. The largest absolute Gasteiger partial charge is 0.334 e. The molecule has 2 rings (SSSR count). The number of nitrogens with one attached hydrogen (secondary N) is 1. The number of nitrogens with two attached hydrogens (primary N) is 1. The van der Waals surface area contributed by atoms with Crippen molar-refractivity contribution in [3.8, 4) is 0 Å². The Balaban J connectivity index is 1.82. The van der Waals surface area contributed by atoms with Crippen molar-refractivity contribution < 1.29 is 4.79 Å². The second-order valence-corrected chi connectivity index (χ2v) is 5.06. The smallest absolute Gasteiger partial charge is 0.317 e. The van der Waals surface area contributed by atoms with Crippen molar-refractivity contribution in [2.75, 3.05) is 13.1 Å². The fourth-order valence-electron chi connectivity index (χ4n) is 2.63. The first-order valence-corrected chi connectivity index (χ1v) is 7.09. The average Bonchev–Trinajstić information content (AvgIpc) is 2.92. The SMILES string of the molecule is NCCCC1CCCN1C(=O)NCc1ccccc1. The zero-order valence-electron chi connectivity index (χ0n) is 11.3. The number of carbonyl (C=O) groups is 1. The van der Waals surface area contributed by atoms with Gasteiger partial charge in [-0.25, -0.2) is 4.79 Å². The lowest BCUT2D eigenvalue weighted by Gasteiger charge is -2.25. The van der Waals surface area contributed by atoms with E-state index < -0.39 is 0 Å². The van der Waals surface area contributed by atoms with Gasteiger partial charge in [0, 0.05) is 19.1 Å². The number of hydrogen-bond acceptors (Lipinski definition) is 2. The Morgan fingerprint density at radius 1 is 1.37 bits per heavy atom. The molecule has 19 heavy (non-hydrogen) atoms. The first kappa shape index (κ1) is 13.9. The van der Waals surface area contributed by atoms with Crippen LogP contribution in [0.5, 0.6) is 0 Å². The predicted octanol–water partition coefficient (Wildman–Crippen LogP) is 2.10. The van der Waals surface area contributed by atoms with Crippen LogP contribution in [0.15, 0.2) is 30.3 Å². The monoisotopic (exact) mass is 261 g/mol. The summed E-state index contributed by atoms with van der Waals surface area (Å²) in [5.74, 6) is 0. The van der Waals surface area contributed by atoms with E-state index in [1.807, 2.05) is 35.2 Å². The summed E-state index contributed by atoms with van der Waals surface area (Å²) in [5, 5.41) is 3.00. The molecule has 1 aromatic rings. The Labute approximate surface area is 115 Å². The highest BCUT2D eigenvalue weighted by Gasteiger charge is 2.27. The van der Waals surface area contributed by atoms with Crippen LogP contribution in [-0.4, -0.2) is 30.1 Å². The van der Waals surface area contributed by atoms with E-state index in [9.17, 15) is 4.79 Å². The van der Waals surface area contributed by atoms with Crippen molar-refractivity contribution >= 4 is 6.03 Å². The quantitative estimate of drug-likeness (QED) is 0.852. The number of nitrogens with zero attached hydrogens (tertiary/aromatic N) is 1. The molecule has 4 heteroatoms. The molecule has 1 fully saturated rings. The molecule has 1 heterocycles. The molecular formula is C15H23N3O. The summed E-state index contributed by atoms with van der Waals surface area (Å²) >= 11 is 0. The number of amides is 2. The summed E-state index contributed by atoms with van der Waals surface area (Å²) in [6, 6.07) is 10.4. The van der Waals surface area contributed by atoms with E-state index in [1.54, 1.807) is 0 Å². The molecule has 1 saturated heterocycles. The van der Waals surface area contributed by atoms with Gasteiger partial charge in [0.05, 0.1) is 0 Å². The van der Waals surface area contributed by atoms with Gasteiger partial charge in [0.15, 0.2) is 0 Å². The standard InChI is InChI=1S/C15H23N3O/c16-10-4-8-14-9-5-11-18(14)15(19)17-12-13-6-2-1-3-7-13/h1-3,6-7,14H,4-5,8-12,16H2,(H,17,19).